The Kier molecular flexibility index (Phi) is 6.14. The van der Waals surface area contributed by atoms with Gasteiger partial charge in [-0.1, -0.05) is 0 Å². The molecule has 94 valence electrons. The average Bonchev–Trinajstić information content (AvgIpc) is 2.31. The van der Waals surface area contributed by atoms with Crippen molar-refractivity contribution in [2.24, 2.45) is 5.73 Å². The first-order valence-electron chi connectivity index (χ1n) is 5.60. The average molecular weight is 231 g/mol. The molecule has 0 spiro atoms. The summed E-state index contributed by atoms with van der Waals surface area (Å²) in [5.74, 6) is 0. The van der Waals surface area contributed by atoms with Gasteiger partial charge in [0, 0.05) is 20.2 Å². The van der Waals surface area contributed by atoms with Crippen LogP contribution in [0.5, 0.6) is 0 Å². The molecular formula is C10H21N3O3. The lowest BCUT2D eigenvalue weighted by molar-refractivity contribution is 0.0512. The van der Waals surface area contributed by atoms with Gasteiger partial charge in [-0.2, -0.15) is 0 Å². The zero-order chi connectivity index (χ0) is 11.8. The number of rotatable bonds is 5. The summed E-state index contributed by atoms with van der Waals surface area (Å²) in [6.07, 6.45) is 0.726. The van der Waals surface area contributed by atoms with Gasteiger partial charge >= 0.3 is 6.03 Å². The lowest BCUT2D eigenvalue weighted by Crippen LogP contribution is -2.50. The summed E-state index contributed by atoms with van der Waals surface area (Å²) in [4.78, 5) is 13.6. The van der Waals surface area contributed by atoms with Crippen LogP contribution in [0.4, 0.5) is 4.79 Å². The second-order valence-corrected chi connectivity index (χ2v) is 3.78. The predicted molar refractivity (Wildman–Crippen MR) is 60.3 cm³/mol. The number of urea groups is 1. The fraction of sp³-hybridized carbons (Fsp3) is 0.900. The molecule has 1 unspecified atom stereocenters. The molecule has 1 rings (SSSR count). The second-order valence-electron chi connectivity index (χ2n) is 3.78. The van der Waals surface area contributed by atoms with E-state index in [2.05, 4.69) is 5.32 Å². The van der Waals surface area contributed by atoms with E-state index >= 15 is 0 Å². The van der Waals surface area contributed by atoms with E-state index < -0.39 is 0 Å². The van der Waals surface area contributed by atoms with Crippen LogP contribution >= 0.6 is 0 Å². The van der Waals surface area contributed by atoms with Crippen LogP contribution in [-0.4, -0.2) is 63.5 Å². The normalized spacial score (nSPS) is 18.2. The van der Waals surface area contributed by atoms with Crippen molar-refractivity contribution in [1.29, 1.82) is 0 Å². The number of amides is 2. The Bertz CT molecular complexity index is 201. The zero-order valence-corrected chi connectivity index (χ0v) is 9.78. The van der Waals surface area contributed by atoms with E-state index in [1.807, 2.05) is 0 Å². The molecule has 1 fully saturated rings. The molecule has 6 nitrogen and oxygen atoms in total. The fourth-order valence-corrected chi connectivity index (χ4v) is 1.63. The van der Waals surface area contributed by atoms with Gasteiger partial charge < -0.3 is 25.4 Å². The summed E-state index contributed by atoms with van der Waals surface area (Å²) in [7, 11) is 1.62. The smallest absolute Gasteiger partial charge is 0.317 e. The first kappa shape index (κ1) is 13.2. The largest absolute Gasteiger partial charge is 0.383 e. The van der Waals surface area contributed by atoms with Gasteiger partial charge in [0.1, 0.15) is 0 Å². The van der Waals surface area contributed by atoms with Crippen molar-refractivity contribution in [2.45, 2.75) is 12.5 Å². The Morgan fingerprint density at radius 1 is 1.56 bits per heavy atom. The molecule has 0 aromatic heterocycles. The third kappa shape index (κ3) is 4.34. The van der Waals surface area contributed by atoms with E-state index in [1.165, 1.54) is 0 Å². The maximum atomic E-state index is 11.8. The number of carbonyl (C=O) groups is 1. The van der Waals surface area contributed by atoms with E-state index in [4.69, 9.17) is 15.2 Å². The minimum Gasteiger partial charge on any atom is -0.383 e. The summed E-state index contributed by atoms with van der Waals surface area (Å²) in [5, 5.41) is 2.92. The molecule has 0 saturated carbocycles. The summed E-state index contributed by atoms with van der Waals surface area (Å²) < 4.78 is 10.2. The van der Waals surface area contributed by atoms with Crippen molar-refractivity contribution in [3.05, 3.63) is 0 Å². The van der Waals surface area contributed by atoms with Crippen LogP contribution in [0.2, 0.25) is 0 Å². The third-order valence-electron chi connectivity index (χ3n) is 2.51. The summed E-state index contributed by atoms with van der Waals surface area (Å²) >= 11 is 0. The van der Waals surface area contributed by atoms with Gasteiger partial charge in [-0.25, -0.2) is 4.79 Å². The van der Waals surface area contributed by atoms with Crippen LogP contribution in [0.1, 0.15) is 6.42 Å². The summed E-state index contributed by atoms with van der Waals surface area (Å²) in [5.41, 5.74) is 5.47. The number of hydrogen-bond donors (Lipinski definition) is 2. The molecule has 6 heteroatoms. The van der Waals surface area contributed by atoms with Crippen LogP contribution in [0.3, 0.4) is 0 Å². The molecular weight excluding hydrogens is 210 g/mol. The fourth-order valence-electron chi connectivity index (χ4n) is 1.63. The highest BCUT2D eigenvalue weighted by atomic mass is 16.5. The lowest BCUT2D eigenvalue weighted by Gasteiger charge is -2.29. The standard InChI is InChI=1S/C10H21N3O3/c1-15-8-9(2-3-11)12-10(14)13-4-6-16-7-5-13/h9H,2-8,11H2,1H3,(H,12,14). The molecule has 1 aliphatic heterocycles. The van der Waals surface area contributed by atoms with Gasteiger partial charge in [-0.15, -0.1) is 0 Å². The molecule has 0 aromatic carbocycles. The highest BCUT2D eigenvalue weighted by Gasteiger charge is 2.19. The maximum Gasteiger partial charge on any atom is 0.317 e. The quantitative estimate of drug-likeness (QED) is 0.662. The van der Waals surface area contributed by atoms with Gasteiger partial charge in [0.15, 0.2) is 0 Å². The van der Waals surface area contributed by atoms with E-state index in [0.29, 0.717) is 39.5 Å². The zero-order valence-electron chi connectivity index (χ0n) is 9.78. The molecule has 1 atom stereocenters. The number of methoxy groups -OCH3 is 1. The van der Waals surface area contributed by atoms with Crippen molar-refractivity contribution >= 4 is 6.03 Å². The molecule has 0 radical (unpaired) electrons. The van der Waals surface area contributed by atoms with Gasteiger partial charge in [0.25, 0.3) is 0 Å². The molecule has 16 heavy (non-hydrogen) atoms. The highest BCUT2D eigenvalue weighted by molar-refractivity contribution is 5.74. The van der Waals surface area contributed by atoms with Crippen LogP contribution < -0.4 is 11.1 Å². The Morgan fingerprint density at radius 3 is 2.81 bits per heavy atom. The predicted octanol–water partition coefficient (Wildman–Crippen LogP) is -0.608. The number of nitrogens with two attached hydrogens (primary N) is 1. The minimum absolute atomic E-state index is 0.00894. The molecule has 3 N–H and O–H groups in total. The van der Waals surface area contributed by atoms with Gasteiger partial charge in [-0.05, 0) is 13.0 Å². The van der Waals surface area contributed by atoms with E-state index in [0.717, 1.165) is 6.42 Å². The molecule has 0 aliphatic carbocycles. The lowest BCUT2D eigenvalue weighted by atomic mass is 10.2. The monoisotopic (exact) mass is 231 g/mol. The number of carbonyl (C=O) groups excluding carboxylic acids is 1. The molecule has 1 heterocycles. The second kappa shape index (κ2) is 7.43. The molecule has 2 amide bonds. The summed E-state index contributed by atoms with van der Waals surface area (Å²) in [6, 6.07) is -0.0656. The maximum absolute atomic E-state index is 11.8. The van der Waals surface area contributed by atoms with Crippen LogP contribution in [0.25, 0.3) is 0 Å². The topological polar surface area (TPSA) is 76.8 Å². The van der Waals surface area contributed by atoms with Gasteiger partial charge in [0.05, 0.1) is 25.9 Å². The number of morpholine rings is 1. The Labute approximate surface area is 96.1 Å². The highest BCUT2D eigenvalue weighted by Crippen LogP contribution is 1.99. The first-order chi connectivity index (χ1) is 7.77. The van der Waals surface area contributed by atoms with Crippen LogP contribution in [0, 0.1) is 0 Å². The minimum atomic E-state index is -0.0567. The van der Waals surface area contributed by atoms with E-state index in [1.54, 1.807) is 12.0 Å². The number of ether oxygens (including phenoxy) is 2. The molecule has 1 aliphatic rings. The van der Waals surface area contributed by atoms with Crippen molar-refractivity contribution in [3.8, 4) is 0 Å². The van der Waals surface area contributed by atoms with Crippen LogP contribution in [-0.2, 0) is 9.47 Å². The number of nitrogens with zero attached hydrogens (tertiary/aromatic N) is 1. The SMILES string of the molecule is COCC(CCN)NC(=O)N1CCOCC1. The van der Waals surface area contributed by atoms with Crippen molar-refractivity contribution in [1.82, 2.24) is 10.2 Å². The van der Waals surface area contributed by atoms with E-state index in [9.17, 15) is 4.79 Å². The molecule has 0 bridgehead atoms. The van der Waals surface area contributed by atoms with E-state index in [-0.39, 0.29) is 12.1 Å². The van der Waals surface area contributed by atoms with Crippen LogP contribution in [0.15, 0.2) is 0 Å². The molecule has 1 saturated heterocycles. The van der Waals surface area contributed by atoms with Crippen molar-refractivity contribution in [3.63, 3.8) is 0 Å². The first-order valence-corrected chi connectivity index (χ1v) is 5.60. The molecule has 0 aromatic rings. The Morgan fingerprint density at radius 2 is 2.25 bits per heavy atom. The van der Waals surface area contributed by atoms with Gasteiger partial charge in [0.2, 0.25) is 0 Å². The summed E-state index contributed by atoms with van der Waals surface area (Å²) in [6.45, 7) is 3.55. The Hall–Kier alpha value is -0.850. The van der Waals surface area contributed by atoms with Gasteiger partial charge in [-0.3, -0.25) is 0 Å². The third-order valence-corrected chi connectivity index (χ3v) is 2.51. The van der Waals surface area contributed by atoms with Crippen molar-refractivity contribution in [2.75, 3.05) is 46.6 Å². The Balaban J connectivity index is 2.33. The number of hydrogen-bond acceptors (Lipinski definition) is 4. The van der Waals surface area contributed by atoms with Crippen molar-refractivity contribution < 1.29 is 14.3 Å². The number of nitrogens with one attached hydrogen (secondary N) is 1.